The van der Waals surface area contributed by atoms with Crippen LogP contribution >= 0.6 is 22.6 Å². The van der Waals surface area contributed by atoms with Gasteiger partial charge in [-0.1, -0.05) is 48.0 Å². The van der Waals surface area contributed by atoms with E-state index in [4.69, 9.17) is 9.47 Å². The summed E-state index contributed by atoms with van der Waals surface area (Å²) < 4.78 is 12.6. The lowest BCUT2D eigenvalue weighted by Gasteiger charge is -2.12. The largest absolute Gasteiger partial charge is 0.493 e. The molecule has 0 aliphatic rings. The molecule has 0 aliphatic heterocycles. The normalized spacial score (nSPS) is 11.0. The summed E-state index contributed by atoms with van der Waals surface area (Å²) in [4.78, 5) is 0. The summed E-state index contributed by atoms with van der Waals surface area (Å²) in [5.74, 6) is 1.31. The van der Waals surface area contributed by atoms with Crippen LogP contribution in [0.25, 0.3) is 11.6 Å². The average Bonchev–Trinajstić information content (AvgIpc) is 2.72. The highest BCUT2D eigenvalue weighted by Crippen LogP contribution is 2.30. The zero-order valence-electron chi connectivity index (χ0n) is 15.8. The predicted octanol–water partition coefficient (Wildman–Crippen LogP) is 6.25. The van der Waals surface area contributed by atoms with E-state index in [1.165, 1.54) is 3.57 Å². The van der Waals surface area contributed by atoms with Crippen LogP contribution in [0, 0.1) is 21.8 Å². The second kappa shape index (κ2) is 9.43. The number of hydrogen-bond acceptors (Lipinski definition) is 3. The molecular formula is C24H20INO2. The van der Waals surface area contributed by atoms with E-state index in [1.807, 2.05) is 67.6 Å². The van der Waals surface area contributed by atoms with Gasteiger partial charge in [-0.15, -0.1) is 0 Å². The number of halogens is 1. The second-order valence-electron chi connectivity index (χ2n) is 6.36. The summed E-state index contributed by atoms with van der Waals surface area (Å²) in [6, 6.07) is 24.1. The predicted molar refractivity (Wildman–Crippen MR) is 121 cm³/mol. The zero-order valence-corrected chi connectivity index (χ0v) is 17.9. The highest BCUT2D eigenvalue weighted by Gasteiger charge is 2.07. The number of benzene rings is 3. The monoisotopic (exact) mass is 481 g/mol. The van der Waals surface area contributed by atoms with Crippen LogP contribution in [0.3, 0.4) is 0 Å². The molecule has 3 rings (SSSR count). The maximum Gasteiger partial charge on any atom is 0.161 e. The van der Waals surface area contributed by atoms with Crippen LogP contribution in [0.5, 0.6) is 11.5 Å². The van der Waals surface area contributed by atoms with E-state index in [0.29, 0.717) is 23.7 Å². The molecule has 3 aromatic carbocycles. The van der Waals surface area contributed by atoms with Crippen LogP contribution in [0.15, 0.2) is 66.7 Å². The highest BCUT2D eigenvalue weighted by molar-refractivity contribution is 14.1. The highest BCUT2D eigenvalue weighted by atomic mass is 127. The van der Waals surface area contributed by atoms with Crippen LogP contribution in [0.4, 0.5) is 0 Å². The molecule has 3 nitrogen and oxygen atoms in total. The van der Waals surface area contributed by atoms with Crippen LogP contribution in [0.1, 0.15) is 22.3 Å². The molecular weight excluding hydrogens is 461 g/mol. The van der Waals surface area contributed by atoms with Crippen LogP contribution in [-0.2, 0) is 6.61 Å². The van der Waals surface area contributed by atoms with Gasteiger partial charge in [-0.05, 0) is 76.5 Å². The molecule has 0 saturated heterocycles. The van der Waals surface area contributed by atoms with Gasteiger partial charge in [0.25, 0.3) is 0 Å². The summed E-state index contributed by atoms with van der Waals surface area (Å²) in [5.41, 5.74) is 4.64. The first kappa shape index (κ1) is 20.0. The van der Waals surface area contributed by atoms with Crippen molar-refractivity contribution in [1.82, 2.24) is 0 Å². The molecule has 0 fully saturated rings. The lowest BCUT2D eigenvalue weighted by molar-refractivity contribution is 0.284. The van der Waals surface area contributed by atoms with Crippen molar-refractivity contribution in [2.45, 2.75) is 13.5 Å². The minimum Gasteiger partial charge on any atom is -0.493 e. The molecule has 0 heterocycles. The molecule has 0 aromatic heterocycles. The van der Waals surface area contributed by atoms with Gasteiger partial charge >= 0.3 is 0 Å². The standard InChI is InChI=1S/C24H20INO2/c1-17-3-8-20(9-4-17)21(15-26)13-19-7-12-23(24(14-19)27-2)28-16-18-5-10-22(25)11-6-18/h3-14H,16H2,1-2H3/b21-13-. The van der Waals surface area contributed by atoms with Crippen molar-refractivity contribution < 1.29 is 9.47 Å². The molecule has 28 heavy (non-hydrogen) atoms. The SMILES string of the molecule is COc1cc(/C=C(/C#N)c2ccc(C)cc2)ccc1OCc1ccc(I)cc1. The number of methoxy groups -OCH3 is 1. The van der Waals surface area contributed by atoms with Crippen LogP contribution < -0.4 is 9.47 Å². The Kier molecular flexibility index (Phi) is 6.72. The van der Waals surface area contributed by atoms with Crippen molar-refractivity contribution in [3.05, 3.63) is 92.6 Å². The topological polar surface area (TPSA) is 42.2 Å². The molecule has 0 unspecified atom stereocenters. The number of allylic oxidation sites excluding steroid dienone is 1. The molecule has 4 heteroatoms. The first-order valence-electron chi connectivity index (χ1n) is 8.83. The van der Waals surface area contributed by atoms with Crippen molar-refractivity contribution in [2.75, 3.05) is 7.11 Å². The van der Waals surface area contributed by atoms with Crippen molar-refractivity contribution >= 4 is 34.2 Å². The molecule has 0 spiro atoms. The summed E-state index contributed by atoms with van der Waals surface area (Å²) in [7, 11) is 1.62. The van der Waals surface area contributed by atoms with Gasteiger partial charge in [0.05, 0.1) is 18.8 Å². The Morgan fingerprint density at radius 1 is 1.00 bits per heavy atom. The minimum absolute atomic E-state index is 0.468. The molecule has 0 saturated carbocycles. The smallest absolute Gasteiger partial charge is 0.161 e. The van der Waals surface area contributed by atoms with E-state index in [1.54, 1.807) is 7.11 Å². The van der Waals surface area contributed by atoms with Gasteiger partial charge in [0.2, 0.25) is 0 Å². The Hall–Kier alpha value is -2.78. The third kappa shape index (κ3) is 5.14. The fraction of sp³-hybridized carbons (Fsp3) is 0.125. The molecule has 0 amide bonds. The van der Waals surface area contributed by atoms with Gasteiger partial charge in [-0.25, -0.2) is 0 Å². The van der Waals surface area contributed by atoms with E-state index in [0.717, 1.165) is 22.3 Å². The number of aryl methyl sites for hydroxylation is 1. The fourth-order valence-corrected chi connectivity index (χ4v) is 3.07. The van der Waals surface area contributed by atoms with E-state index < -0.39 is 0 Å². The summed E-state index contributed by atoms with van der Waals surface area (Å²) in [6.07, 6.45) is 1.86. The van der Waals surface area contributed by atoms with Gasteiger partial charge in [-0.2, -0.15) is 5.26 Å². The van der Waals surface area contributed by atoms with E-state index >= 15 is 0 Å². The second-order valence-corrected chi connectivity index (χ2v) is 7.61. The summed E-state index contributed by atoms with van der Waals surface area (Å²) in [6.45, 7) is 2.49. The molecule has 140 valence electrons. The molecule has 0 bridgehead atoms. The molecule has 0 atom stereocenters. The first-order valence-corrected chi connectivity index (χ1v) is 9.91. The Morgan fingerprint density at radius 2 is 1.71 bits per heavy atom. The van der Waals surface area contributed by atoms with Crippen molar-refractivity contribution in [1.29, 1.82) is 5.26 Å². The third-order valence-corrected chi connectivity index (χ3v) is 5.01. The maximum absolute atomic E-state index is 9.55. The van der Waals surface area contributed by atoms with Crippen molar-refractivity contribution in [3.63, 3.8) is 0 Å². The molecule has 3 aromatic rings. The van der Waals surface area contributed by atoms with Gasteiger partial charge in [0.1, 0.15) is 6.61 Å². The number of rotatable bonds is 6. The quantitative estimate of drug-likeness (QED) is 0.238. The van der Waals surface area contributed by atoms with E-state index in [-0.39, 0.29) is 0 Å². The van der Waals surface area contributed by atoms with Crippen molar-refractivity contribution in [3.8, 4) is 17.6 Å². The van der Waals surface area contributed by atoms with E-state index in [2.05, 4.69) is 40.8 Å². The lowest BCUT2D eigenvalue weighted by Crippen LogP contribution is -1.98. The Morgan fingerprint density at radius 3 is 2.36 bits per heavy atom. The fourth-order valence-electron chi connectivity index (χ4n) is 2.71. The third-order valence-electron chi connectivity index (χ3n) is 4.29. The lowest BCUT2D eigenvalue weighted by atomic mass is 10.0. The van der Waals surface area contributed by atoms with Gasteiger partial charge in [0, 0.05) is 3.57 Å². The van der Waals surface area contributed by atoms with Gasteiger partial charge in [0.15, 0.2) is 11.5 Å². The summed E-state index contributed by atoms with van der Waals surface area (Å²) in [5, 5.41) is 9.55. The first-order chi connectivity index (χ1) is 13.6. The van der Waals surface area contributed by atoms with Crippen LogP contribution in [0.2, 0.25) is 0 Å². The molecule has 0 aliphatic carbocycles. The summed E-state index contributed by atoms with van der Waals surface area (Å²) >= 11 is 2.28. The molecule has 0 radical (unpaired) electrons. The number of ether oxygens (including phenoxy) is 2. The molecule has 0 N–H and O–H groups in total. The van der Waals surface area contributed by atoms with Gasteiger partial charge < -0.3 is 9.47 Å². The Bertz CT molecular complexity index is 1020. The Balaban J connectivity index is 1.80. The Labute approximate surface area is 179 Å². The van der Waals surface area contributed by atoms with Gasteiger partial charge in [-0.3, -0.25) is 0 Å². The number of nitrogens with zero attached hydrogens (tertiary/aromatic N) is 1. The number of hydrogen-bond donors (Lipinski definition) is 0. The van der Waals surface area contributed by atoms with Crippen LogP contribution in [-0.4, -0.2) is 7.11 Å². The minimum atomic E-state index is 0.468. The van der Waals surface area contributed by atoms with Crippen molar-refractivity contribution in [2.24, 2.45) is 0 Å². The maximum atomic E-state index is 9.55. The average molecular weight is 481 g/mol. The van der Waals surface area contributed by atoms with E-state index in [9.17, 15) is 5.26 Å². The number of nitriles is 1. The zero-order chi connectivity index (χ0) is 19.9.